The van der Waals surface area contributed by atoms with Crippen LogP contribution in [0.3, 0.4) is 0 Å². The Bertz CT molecular complexity index is 752. The minimum Gasteiger partial charge on any atom is -0.370 e. The van der Waals surface area contributed by atoms with Gasteiger partial charge in [-0.3, -0.25) is 4.79 Å². The van der Waals surface area contributed by atoms with Crippen LogP contribution in [0, 0.1) is 5.82 Å². The summed E-state index contributed by atoms with van der Waals surface area (Å²) in [7, 11) is 0. The van der Waals surface area contributed by atoms with Crippen LogP contribution in [0.25, 0.3) is 0 Å². The average molecular weight is 364 g/mol. The number of hydrogen-bond donors (Lipinski definition) is 2. The smallest absolute Gasteiger partial charge is 0.252 e. The van der Waals surface area contributed by atoms with Gasteiger partial charge >= 0.3 is 0 Å². The molecule has 3 rings (SSSR count). The molecule has 0 radical (unpaired) electrons. The molecule has 8 heteroatoms. The third-order valence-electron chi connectivity index (χ3n) is 4.00. The molecule has 1 aromatic carbocycles. The molecule has 1 amide bonds. The lowest BCUT2D eigenvalue weighted by molar-refractivity contribution is 0.0955. The van der Waals surface area contributed by atoms with Crippen LogP contribution < -0.4 is 15.5 Å². The van der Waals surface area contributed by atoms with Crippen molar-refractivity contribution in [2.75, 3.05) is 36.4 Å². The quantitative estimate of drug-likeness (QED) is 0.772. The van der Waals surface area contributed by atoms with E-state index in [2.05, 4.69) is 25.7 Å². The van der Waals surface area contributed by atoms with Gasteiger partial charge in [-0.2, -0.15) is 5.10 Å². The SMILES string of the molecule is O=C(NCCNc1cc(N2CCCC2)cnn1)c1ccc(F)cc1Cl. The number of nitrogens with zero attached hydrogens (tertiary/aromatic N) is 3. The van der Waals surface area contributed by atoms with E-state index in [1.165, 1.54) is 25.0 Å². The molecular weight excluding hydrogens is 345 g/mol. The van der Waals surface area contributed by atoms with Crippen molar-refractivity contribution in [3.63, 3.8) is 0 Å². The van der Waals surface area contributed by atoms with Gasteiger partial charge in [-0.15, -0.1) is 5.10 Å². The first-order valence-electron chi connectivity index (χ1n) is 8.18. The molecule has 0 spiro atoms. The zero-order valence-corrected chi connectivity index (χ0v) is 14.4. The summed E-state index contributed by atoms with van der Waals surface area (Å²) in [6.07, 6.45) is 4.15. The van der Waals surface area contributed by atoms with E-state index in [1.807, 2.05) is 6.07 Å². The molecule has 132 valence electrons. The van der Waals surface area contributed by atoms with E-state index in [0.29, 0.717) is 18.9 Å². The van der Waals surface area contributed by atoms with Gasteiger partial charge in [0.05, 0.1) is 22.5 Å². The molecule has 1 aliphatic rings. The van der Waals surface area contributed by atoms with Crippen molar-refractivity contribution in [2.45, 2.75) is 12.8 Å². The number of anilines is 2. The van der Waals surface area contributed by atoms with Crippen LogP contribution in [-0.2, 0) is 0 Å². The maximum atomic E-state index is 13.0. The van der Waals surface area contributed by atoms with Gasteiger partial charge in [0.25, 0.3) is 5.91 Å². The minimum absolute atomic E-state index is 0.0923. The maximum absolute atomic E-state index is 13.0. The van der Waals surface area contributed by atoms with E-state index < -0.39 is 5.82 Å². The number of nitrogens with one attached hydrogen (secondary N) is 2. The van der Waals surface area contributed by atoms with Crippen molar-refractivity contribution in [3.05, 3.63) is 46.9 Å². The highest BCUT2D eigenvalue weighted by atomic mass is 35.5. The van der Waals surface area contributed by atoms with E-state index in [9.17, 15) is 9.18 Å². The minimum atomic E-state index is -0.473. The van der Waals surface area contributed by atoms with Gasteiger partial charge in [0.2, 0.25) is 0 Å². The molecule has 2 heterocycles. The Labute approximate surface area is 150 Å². The van der Waals surface area contributed by atoms with Gasteiger partial charge < -0.3 is 15.5 Å². The maximum Gasteiger partial charge on any atom is 0.252 e. The number of carbonyl (C=O) groups is 1. The average Bonchev–Trinajstić information content (AvgIpc) is 3.13. The van der Waals surface area contributed by atoms with Gasteiger partial charge in [-0.05, 0) is 31.0 Å². The largest absolute Gasteiger partial charge is 0.370 e. The predicted octanol–water partition coefficient (Wildman–Crippen LogP) is 2.71. The summed E-state index contributed by atoms with van der Waals surface area (Å²) in [6.45, 7) is 2.95. The molecule has 25 heavy (non-hydrogen) atoms. The molecule has 0 bridgehead atoms. The fourth-order valence-corrected chi connectivity index (χ4v) is 2.98. The molecule has 1 fully saturated rings. The molecule has 0 atom stereocenters. The first-order valence-corrected chi connectivity index (χ1v) is 8.56. The highest BCUT2D eigenvalue weighted by molar-refractivity contribution is 6.33. The van der Waals surface area contributed by atoms with E-state index in [0.717, 1.165) is 24.8 Å². The number of aromatic nitrogens is 2. The van der Waals surface area contributed by atoms with Gasteiger partial charge in [0.1, 0.15) is 5.82 Å². The second-order valence-corrected chi connectivity index (χ2v) is 6.21. The zero-order valence-electron chi connectivity index (χ0n) is 13.6. The predicted molar refractivity (Wildman–Crippen MR) is 95.7 cm³/mol. The summed E-state index contributed by atoms with van der Waals surface area (Å²) >= 11 is 5.87. The second kappa shape index (κ2) is 8.11. The molecule has 0 unspecified atom stereocenters. The molecule has 1 saturated heterocycles. The third-order valence-corrected chi connectivity index (χ3v) is 4.32. The number of hydrogen-bond acceptors (Lipinski definition) is 5. The Morgan fingerprint density at radius 2 is 2.04 bits per heavy atom. The van der Waals surface area contributed by atoms with E-state index in [4.69, 9.17) is 11.6 Å². The zero-order chi connectivity index (χ0) is 17.6. The molecule has 0 saturated carbocycles. The van der Waals surface area contributed by atoms with Gasteiger partial charge in [-0.25, -0.2) is 4.39 Å². The monoisotopic (exact) mass is 363 g/mol. The molecule has 1 aromatic heterocycles. The highest BCUT2D eigenvalue weighted by Gasteiger charge is 2.13. The lowest BCUT2D eigenvalue weighted by Crippen LogP contribution is -2.29. The summed E-state index contributed by atoms with van der Waals surface area (Å²) in [6, 6.07) is 5.65. The van der Waals surface area contributed by atoms with Crippen LogP contribution in [-0.4, -0.2) is 42.3 Å². The number of benzene rings is 1. The normalized spacial score (nSPS) is 13.8. The Morgan fingerprint density at radius 1 is 1.24 bits per heavy atom. The van der Waals surface area contributed by atoms with Gasteiger partial charge in [-0.1, -0.05) is 11.6 Å². The summed E-state index contributed by atoms with van der Waals surface area (Å²) < 4.78 is 13.0. The summed E-state index contributed by atoms with van der Waals surface area (Å²) in [4.78, 5) is 14.3. The number of carbonyl (C=O) groups excluding carboxylic acids is 1. The lowest BCUT2D eigenvalue weighted by Gasteiger charge is -2.17. The van der Waals surface area contributed by atoms with E-state index >= 15 is 0 Å². The molecule has 2 aromatic rings. The fourth-order valence-electron chi connectivity index (χ4n) is 2.73. The highest BCUT2D eigenvalue weighted by Crippen LogP contribution is 2.20. The molecular formula is C17H19ClFN5O. The number of halogens is 2. The van der Waals surface area contributed by atoms with Crippen molar-refractivity contribution >= 4 is 29.0 Å². The molecule has 2 N–H and O–H groups in total. The van der Waals surface area contributed by atoms with Crippen LogP contribution in [0.5, 0.6) is 0 Å². The van der Waals surface area contributed by atoms with Crippen LogP contribution in [0.15, 0.2) is 30.5 Å². The Morgan fingerprint density at radius 3 is 2.80 bits per heavy atom. The van der Waals surface area contributed by atoms with Crippen LogP contribution >= 0.6 is 11.6 Å². The fraction of sp³-hybridized carbons (Fsp3) is 0.353. The summed E-state index contributed by atoms with van der Waals surface area (Å²) in [5.41, 5.74) is 1.30. The Kier molecular flexibility index (Phi) is 5.65. The van der Waals surface area contributed by atoms with Crippen molar-refractivity contribution in [3.8, 4) is 0 Å². The summed E-state index contributed by atoms with van der Waals surface area (Å²) in [5, 5.41) is 14.0. The number of amides is 1. The molecule has 6 nitrogen and oxygen atoms in total. The Hall–Kier alpha value is -2.41. The van der Waals surface area contributed by atoms with Crippen molar-refractivity contribution in [1.82, 2.24) is 15.5 Å². The van der Waals surface area contributed by atoms with Crippen molar-refractivity contribution in [2.24, 2.45) is 0 Å². The molecule has 1 aliphatic heterocycles. The van der Waals surface area contributed by atoms with Crippen LogP contribution in [0.1, 0.15) is 23.2 Å². The number of rotatable bonds is 6. The standard InChI is InChI=1S/C17H19ClFN5O/c18-15-9-12(19)3-4-14(15)17(25)21-6-5-20-16-10-13(11-22-23-16)24-7-1-2-8-24/h3-4,9-11H,1-2,5-8H2,(H,20,23)(H,21,25). The lowest BCUT2D eigenvalue weighted by atomic mass is 10.2. The third kappa shape index (κ3) is 4.57. The second-order valence-electron chi connectivity index (χ2n) is 5.80. The van der Waals surface area contributed by atoms with Crippen molar-refractivity contribution < 1.29 is 9.18 Å². The van der Waals surface area contributed by atoms with E-state index in [-0.39, 0.29) is 16.5 Å². The first kappa shape index (κ1) is 17.4. The Balaban J connectivity index is 1.48. The topological polar surface area (TPSA) is 70.2 Å². The van der Waals surface area contributed by atoms with Gasteiger partial charge in [0, 0.05) is 32.2 Å². The summed E-state index contributed by atoms with van der Waals surface area (Å²) in [5.74, 6) is -0.151. The van der Waals surface area contributed by atoms with E-state index in [1.54, 1.807) is 6.20 Å². The van der Waals surface area contributed by atoms with Gasteiger partial charge in [0.15, 0.2) is 5.82 Å². The van der Waals surface area contributed by atoms with Crippen LogP contribution in [0.4, 0.5) is 15.9 Å². The van der Waals surface area contributed by atoms with Crippen molar-refractivity contribution in [1.29, 1.82) is 0 Å². The first-order chi connectivity index (χ1) is 12.1. The molecule has 0 aliphatic carbocycles. The van der Waals surface area contributed by atoms with Crippen LogP contribution in [0.2, 0.25) is 5.02 Å².